The average Bonchev–Trinajstić information content (AvgIpc) is 3.56. The summed E-state index contributed by atoms with van der Waals surface area (Å²) in [6.07, 6.45) is 5.84. The maximum absolute atomic E-state index is 12.3. The molecule has 2 amide bonds. The Morgan fingerprint density at radius 3 is 2.78 bits per heavy atom. The molecule has 1 aromatic carbocycles. The largest absolute Gasteiger partial charge is 0.457 e. The van der Waals surface area contributed by atoms with Crippen LogP contribution < -0.4 is 10.6 Å². The number of likely N-dealkylation sites (tertiary alicyclic amines) is 1. The third kappa shape index (κ3) is 4.20. The van der Waals surface area contributed by atoms with Gasteiger partial charge in [-0.25, -0.2) is 0 Å². The van der Waals surface area contributed by atoms with Crippen molar-refractivity contribution in [3.05, 3.63) is 71.7 Å². The van der Waals surface area contributed by atoms with Gasteiger partial charge in [0, 0.05) is 36.1 Å². The SMILES string of the molecule is O=C1Nc2ccccc2C1=Cc1ccc(-c2ccc(C(=O)NCCN3CCCC3)nc2)o1. The van der Waals surface area contributed by atoms with Crippen molar-refractivity contribution in [2.75, 3.05) is 31.5 Å². The van der Waals surface area contributed by atoms with Gasteiger partial charge in [0.05, 0.1) is 5.57 Å². The van der Waals surface area contributed by atoms with Crippen LogP contribution >= 0.6 is 0 Å². The summed E-state index contributed by atoms with van der Waals surface area (Å²) in [5.41, 5.74) is 3.37. The molecule has 1 saturated heterocycles. The zero-order valence-corrected chi connectivity index (χ0v) is 17.6. The van der Waals surface area contributed by atoms with E-state index < -0.39 is 0 Å². The molecule has 4 heterocycles. The standard InChI is InChI=1S/C25H24N4O3/c30-24-20(19-5-1-2-6-21(19)28-24)15-18-8-10-23(32-18)17-7-9-22(27-16-17)25(31)26-11-14-29-12-3-4-13-29/h1-2,5-10,15-16H,3-4,11-14H2,(H,26,31)(H,28,30). The van der Waals surface area contributed by atoms with E-state index in [0.717, 1.165) is 36.4 Å². The maximum atomic E-state index is 12.3. The molecule has 2 N–H and O–H groups in total. The molecule has 7 nitrogen and oxygen atoms in total. The number of rotatable bonds is 6. The van der Waals surface area contributed by atoms with Crippen molar-refractivity contribution in [2.45, 2.75) is 12.8 Å². The third-order valence-corrected chi connectivity index (χ3v) is 5.82. The molecule has 0 radical (unpaired) electrons. The molecule has 2 aliphatic heterocycles. The van der Waals surface area contributed by atoms with Crippen LogP contribution in [-0.2, 0) is 4.79 Å². The van der Waals surface area contributed by atoms with Crippen LogP contribution in [0.2, 0.25) is 0 Å². The van der Waals surface area contributed by atoms with Crippen LogP contribution in [0.3, 0.4) is 0 Å². The predicted octanol–water partition coefficient (Wildman–Crippen LogP) is 3.66. The van der Waals surface area contributed by atoms with Gasteiger partial charge in [0.15, 0.2) is 0 Å². The van der Waals surface area contributed by atoms with E-state index in [1.165, 1.54) is 12.8 Å². The molecular formula is C25H24N4O3. The number of amides is 2. The second-order valence-corrected chi connectivity index (χ2v) is 8.00. The van der Waals surface area contributed by atoms with E-state index in [1.54, 1.807) is 18.3 Å². The monoisotopic (exact) mass is 428 g/mol. The van der Waals surface area contributed by atoms with E-state index in [-0.39, 0.29) is 11.8 Å². The van der Waals surface area contributed by atoms with Crippen molar-refractivity contribution in [1.82, 2.24) is 15.2 Å². The van der Waals surface area contributed by atoms with Crippen molar-refractivity contribution in [3.8, 4) is 11.3 Å². The maximum Gasteiger partial charge on any atom is 0.269 e. The average molecular weight is 428 g/mol. The highest BCUT2D eigenvalue weighted by atomic mass is 16.3. The normalized spacial score (nSPS) is 16.9. The number of hydrogen-bond acceptors (Lipinski definition) is 5. The topological polar surface area (TPSA) is 87.5 Å². The van der Waals surface area contributed by atoms with E-state index in [4.69, 9.17) is 4.42 Å². The number of anilines is 1. The second kappa shape index (κ2) is 8.80. The van der Waals surface area contributed by atoms with E-state index in [2.05, 4.69) is 20.5 Å². The van der Waals surface area contributed by atoms with Gasteiger partial charge in [0.2, 0.25) is 0 Å². The van der Waals surface area contributed by atoms with E-state index in [9.17, 15) is 9.59 Å². The number of fused-ring (bicyclic) bond motifs is 1. The summed E-state index contributed by atoms with van der Waals surface area (Å²) in [4.78, 5) is 31.3. The molecule has 32 heavy (non-hydrogen) atoms. The molecule has 0 unspecified atom stereocenters. The zero-order chi connectivity index (χ0) is 21.9. The van der Waals surface area contributed by atoms with Gasteiger partial charge >= 0.3 is 0 Å². The van der Waals surface area contributed by atoms with Crippen molar-refractivity contribution in [1.29, 1.82) is 0 Å². The molecular weight excluding hydrogens is 404 g/mol. The number of benzene rings is 1. The van der Waals surface area contributed by atoms with Gasteiger partial charge in [-0.05, 0) is 62.3 Å². The number of carbonyl (C=O) groups excluding carboxylic acids is 2. The van der Waals surface area contributed by atoms with Crippen molar-refractivity contribution in [3.63, 3.8) is 0 Å². The fraction of sp³-hybridized carbons (Fsp3) is 0.240. The Labute approximate surface area is 186 Å². The summed E-state index contributed by atoms with van der Waals surface area (Å²) in [7, 11) is 0. The first-order valence-corrected chi connectivity index (χ1v) is 10.9. The molecule has 0 bridgehead atoms. The highest BCUT2D eigenvalue weighted by molar-refractivity contribution is 6.34. The molecule has 0 saturated carbocycles. The zero-order valence-electron chi connectivity index (χ0n) is 17.6. The van der Waals surface area contributed by atoms with Gasteiger partial charge < -0.3 is 20.0 Å². The first-order chi connectivity index (χ1) is 15.7. The van der Waals surface area contributed by atoms with Crippen LogP contribution in [-0.4, -0.2) is 47.9 Å². The highest BCUT2D eigenvalue weighted by Crippen LogP contribution is 2.33. The van der Waals surface area contributed by atoms with Crippen molar-refractivity contribution < 1.29 is 14.0 Å². The molecule has 2 aliphatic rings. The molecule has 2 aromatic heterocycles. The highest BCUT2D eigenvalue weighted by Gasteiger charge is 2.23. The lowest BCUT2D eigenvalue weighted by Gasteiger charge is -2.14. The van der Waals surface area contributed by atoms with Crippen molar-refractivity contribution >= 4 is 29.2 Å². The number of aromatic nitrogens is 1. The lowest BCUT2D eigenvalue weighted by molar-refractivity contribution is -0.110. The van der Waals surface area contributed by atoms with Crippen LogP contribution in [0.1, 0.15) is 34.7 Å². The van der Waals surface area contributed by atoms with Gasteiger partial charge in [0.1, 0.15) is 17.2 Å². The number of nitrogens with zero attached hydrogens (tertiary/aromatic N) is 2. The Kier molecular flexibility index (Phi) is 5.56. The minimum Gasteiger partial charge on any atom is -0.457 e. The lowest BCUT2D eigenvalue weighted by Crippen LogP contribution is -2.33. The van der Waals surface area contributed by atoms with Crippen LogP contribution in [0.25, 0.3) is 23.0 Å². The summed E-state index contributed by atoms with van der Waals surface area (Å²) in [6.45, 7) is 3.72. The van der Waals surface area contributed by atoms with Crippen LogP contribution in [0.4, 0.5) is 5.69 Å². The summed E-state index contributed by atoms with van der Waals surface area (Å²) < 4.78 is 5.91. The predicted molar refractivity (Wildman–Crippen MR) is 123 cm³/mol. The number of hydrogen-bond donors (Lipinski definition) is 2. The Morgan fingerprint density at radius 2 is 1.97 bits per heavy atom. The molecule has 0 atom stereocenters. The Balaban J connectivity index is 1.24. The fourth-order valence-electron chi connectivity index (χ4n) is 4.11. The molecule has 1 fully saturated rings. The summed E-state index contributed by atoms with van der Waals surface area (Å²) in [5, 5.41) is 5.78. The first kappa shape index (κ1) is 20.2. The number of para-hydroxylation sites is 1. The van der Waals surface area contributed by atoms with Gasteiger partial charge in [-0.2, -0.15) is 0 Å². The molecule has 0 aliphatic carbocycles. The van der Waals surface area contributed by atoms with Gasteiger partial charge in [-0.3, -0.25) is 14.6 Å². The van der Waals surface area contributed by atoms with Crippen LogP contribution in [0.5, 0.6) is 0 Å². The molecule has 3 aromatic rings. The molecule has 7 heteroatoms. The van der Waals surface area contributed by atoms with Crippen LogP contribution in [0, 0.1) is 0 Å². The quantitative estimate of drug-likeness (QED) is 0.585. The Morgan fingerprint density at radius 1 is 1.12 bits per heavy atom. The summed E-state index contributed by atoms with van der Waals surface area (Å²) >= 11 is 0. The summed E-state index contributed by atoms with van der Waals surface area (Å²) in [5.74, 6) is 0.875. The number of pyridine rings is 1. The number of nitrogens with one attached hydrogen (secondary N) is 2. The van der Waals surface area contributed by atoms with E-state index in [1.807, 2.05) is 42.5 Å². The Hall–Kier alpha value is -3.71. The fourth-order valence-corrected chi connectivity index (χ4v) is 4.11. The minimum atomic E-state index is -0.175. The van der Waals surface area contributed by atoms with Gasteiger partial charge in [-0.1, -0.05) is 18.2 Å². The summed E-state index contributed by atoms with van der Waals surface area (Å²) in [6, 6.07) is 14.7. The first-order valence-electron chi connectivity index (χ1n) is 10.9. The van der Waals surface area contributed by atoms with Gasteiger partial charge in [-0.15, -0.1) is 0 Å². The van der Waals surface area contributed by atoms with E-state index >= 15 is 0 Å². The third-order valence-electron chi connectivity index (χ3n) is 5.82. The van der Waals surface area contributed by atoms with Crippen LogP contribution in [0.15, 0.2) is 59.1 Å². The Bertz CT molecular complexity index is 1170. The smallest absolute Gasteiger partial charge is 0.269 e. The number of carbonyl (C=O) groups is 2. The van der Waals surface area contributed by atoms with Gasteiger partial charge in [0.25, 0.3) is 11.8 Å². The lowest BCUT2D eigenvalue weighted by atomic mass is 10.1. The molecule has 162 valence electrons. The van der Waals surface area contributed by atoms with Crippen molar-refractivity contribution in [2.24, 2.45) is 0 Å². The molecule has 5 rings (SSSR count). The second-order valence-electron chi connectivity index (χ2n) is 8.00. The minimum absolute atomic E-state index is 0.147. The molecule has 0 spiro atoms. The van der Waals surface area contributed by atoms with E-state index in [0.29, 0.717) is 29.3 Å². The number of furan rings is 1.